The van der Waals surface area contributed by atoms with Crippen molar-refractivity contribution in [2.24, 2.45) is 0 Å². The van der Waals surface area contributed by atoms with Crippen LogP contribution in [0.2, 0.25) is 0 Å². The van der Waals surface area contributed by atoms with Gasteiger partial charge in [0.1, 0.15) is 5.01 Å². The first-order chi connectivity index (χ1) is 10.00. The summed E-state index contributed by atoms with van der Waals surface area (Å²) in [7, 11) is -1.53. The average Bonchev–Trinajstić information content (AvgIpc) is 2.92. The molecule has 0 aliphatic rings. The van der Waals surface area contributed by atoms with Crippen LogP contribution in [0.25, 0.3) is 0 Å². The predicted molar refractivity (Wildman–Crippen MR) is 85.5 cm³/mol. The molecule has 0 fully saturated rings. The van der Waals surface area contributed by atoms with E-state index in [1.54, 1.807) is 13.1 Å². The van der Waals surface area contributed by atoms with Crippen molar-refractivity contribution in [2.75, 3.05) is 7.05 Å². The molecule has 2 N–H and O–H groups in total. The quantitative estimate of drug-likeness (QED) is 0.817. The Labute approximate surface area is 129 Å². The highest BCUT2D eigenvalue weighted by Crippen LogP contribution is 2.17. The molecular formula is C14H19N3O2S2. The molecule has 2 aromatic rings. The lowest BCUT2D eigenvalue weighted by Crippen LogP contribution is -2.28. The summed E-state index contributed by atoms with van der Waals surface area (Å²) in [5.74, 6) is -0.0275. The fraction of sp³-hybridized carbons (Fsp3) is 0.357. The van der Waals surface area contributed by atoms with Gasteiger partial charge in [0.2, 0.25) is 10.0 Å². The van der Waals surface area contributed by atoms with E-state index in [2.05, 4.69) is 15.0 Å². The molecule has 0 saturated heterocycles. The maximum Gasteiger partial charge on any atom is 0.216 e. The number of nitrogens with one attached hydrogen (secondary N) is 2. The molecule has 2 rings (SSSR count). The van der Waals surface area contributed by atoms with Gasteiger partial charge in [-0.05, 0) is 25.1 Å². The fourth-order valence-electron chi connectivity index (χ4n) is 2.06. The Hall–Kier alpha value is -1.28. The number of nitrogens with zero attached hydrogens (tertiary/aromatic N) is 1. The summed E-state index contributed by atoms with van der Waals surface area (Å²) in [6.07, 6.45) is 1.67. The zero-order valence-electron chi connectivity index (χ0n) is 12.0. The van der Waals surface area contributed by atoms with Crippen LogP contribution in [0, 0.1) is 0 Å². The summed E-state index contributed by atoms with van der Waals surface area (Å²) in [6, 6.07) is 7.27. The molecule has 21 heavy (non-hydrogen) atoms. The van der Waals surface area contributed by atoms with E-state index in [1.165, 1.54) is 11.3 Å². The molecule has 1 heterocycles. The molecule has 1 aromatic carbocycles. The molecule has 0 radical (unpaired) electrons. The molecule has 0 spiro atoms. The van der Waals surface area contributed by atoms with Crippen LogP contribution in [0.15, 0.2) is 35.8 Å². The lowest BCUT2D eigenvalue weighted by molar-refractivity contribution is 0.565. The zero-order chi connectivity index (χ0) is 15.3. The van der Waals surface area contributed by atoms with Gasteiger partial charge in [0.05, 0.1) is 11.8 Å². The Morgan fingerprint density at radius 3 is 2.76 bits per heavy atom. The van der Waals surface area contributed by atoms with Crippen molar-refractivity contribution in [3.8, 4) is 0 Å². The molecular weight excluding hydrogens is 306 g/mol. The molecule has 1 atom stereocenters. The van der Waals surface area contributed by atoms with Crippen LogP contribution >= 0.6 is 11.3 Å². The van der Waals surface area contributed by atoms with Crippen LogP contribution < -0.4 is 10.0 Å². The van der Waals surface area contributed by atoms with E-state index in [9.17, 15) is 8.42 Å². The molecule has 0 aliphatic carbocycles. The molecule has 0 bridgehead atoms. The Balaban J connectivity index is 2.05. The van der Waals surface area contributed by atoms with E-state index in [1.807, 2.05) is 36.7 Å². The summed E-state index contributed by atoms with van der Waals surface area (Å²) in [5.41, 5.74) is 1.85. The van der Waals surface area contributed by atoms with Gasteiger partial charge >= 0.3 is 0 Å². The number of benzene rings is 1. The van der Waals surface area contributed by atoms with Crippen molar-refractivity contribution in [3.63, 3.8) is 0 Å². The number of aromatic nitrogens is 1. The minimum absolute atomic E-state index is 0.0275. The first-order valence-corrected chi connectivity index (χ1v) is 9.15. The summed E-state index contributed by atoms with van der Waals surface area (Å²) >= 11 is 1.44. The lowest BCUT2D eigenvalue weighted by atomic mass is 10.1. The molecule has 1 aromatic heterocycles. The number of thiazole rings is 1. The maximum atomic E-state index is 12.2. The minimum Gasteiger partial charge on any atom is -0.316 e. The van der Waals surface area contributed by atoms with Gasteiger partial charge in [0.25, 0.3) is 0 Å². The topological polar surface area (TPSA) is 71.1 Å². The van der Waals surface area contributed by atoms with Gasteiger partial charge in [-0.15, -0.1) is 11.3 Å². The van der Waals surface area contributed by atoms with E-state index in [-0.39, 0.29) is 11.8 Å². The molecule has 7 heteroatoms. The molecule has 114 valence electrons. The highest BCUT2D eigenvalue weighted by atomic mass is 32.2. The highest BCUT2D eigenvalue weighted by Gasteiger charge is 2.18. The first-order valence-electron chi connectivity index (χ1n) is 6.62. The monoisotopic (exact) mass is 325 g/mol. The van der Waals surface area contributed by atoms with Crippen molar-refractivity contribution in [2.45, 2.75) is 25.3 Å². The molecule has 0 saturated carbocycles. The first kappa shape index (κ1) is 16.1. The van der Waals surface area contributed by atoms with Crippen molar-refractivity contribution in [1.29, 1.82) is 0 Å². The number of sulfonamides is 1. The van der Waals surface area contributed by atoms with Crippen molar-refractivity contribution < 1.29 is 8.42 Å². The van der Waals surface area contributed by atoms with Crippen molar-refractivity contribution >= 4 is 21.4 Å². The van der Waals surface area contributed by atoms with E-state index in [0.717, 1.165) is 22.7 Å². The Morgan fingerprint density at radius 2 is 2.10 bits per heavy atom. The maximum absolute atomic E-state index is 12.2. The van der Waals surface area contributed by atoms with E-state index in [4.69, 9.17) is 0 Å². The summed E-state index contributed by atoms with van der Waals surface area (Å²) < 4.78 is 27.1. The second kappa shape index (κ2) is 7.13. The van der Waals surface area contributed by atoms with Crippen molar-refractivity contribution in [1.82, 2.24) is 15.0 Å². The van der Waals surface area contributed by atoms with Gasteiger partial charge in [-0.25, -0.2) is 18.1 Å². The molecule has 0 aliphatic heterocycles. The van der Waals surface area contributed by atoms with E-state index in [0.29, 0.717) is 0 Å². The lowest BCUT2D eigenvalue weighted by Gasteiger charge is -2.12. The summed E-state index contributed by atoms with van der Waals surface area (Å²) in [5, 5.41) is 5.65. The van der Waals surface area contributed by atoms with Gasteiger partial charge in [-0.1, -0.05) is 24.3 Å². The molecule has 5 nitrogen and oxygen atoms in total. The Bertz CT molecular complexity index is 669. The zero-order valence-corrected chi connectivity index (χ0v) is 13.7. The number of hydrogen-bond acceptors (Lipinski definition) is 5. The van der Waals surface area contributed by atoms with Crippen LogP contribution in [0.4, 0.5) is 0 Å². The van der Waals surface area contributed by atoms with E-state index < -0.39 is 10.0 Å². The van der Waals surface area contributed by atoms with Crippen LogP contribution in [0.5, 0.6) is 0 Å². The van der Waals surface area contributed by atoms with Crippen LogP contribution in [-0.4, -0.2) is 20.4 Å². The molecule has 0 amide bonds. The second-order valence-corrected chi connectivity index (χ2v) is 7.50. The normalized spacial score (nSPS) is 13.2. The standard InChI is InChI=1S/C14H19N3O2S2/c1-11(14-16-6-7-20-14)17-21(18,19)10-13-5-3-4-12(8-13)9-15-2/h3-8,11,15,17H,9-10H2,1-2H3. The Morgan fingerprint density at radius 1 is 1.33 bits per heavy atom. The second-order valence-electron chi connectivity index (χ2n) is 4.82. The SMILES string of the molecule is CNCc1cccc(CS(=O)(=O)NC(C)c2nccs2)c1. The van der Waals surface area contributed by atoms with Crippen LogP contribution in [-0.2, 0) is 22.3 Å². The number of rotatable bonds is 7. The fourth-order valence-corrected chi connectivity index (χ4v) is 4.14. The third kappa shape index (κ3) is 4.89. The minimum atomic E-state index is -3.40. The predicted octanol–water partition coefficient (Wildman–Crippen LogP) is 2.04. The number of hydrogen-bond donors (Lipinski definition) is 2. The highest BCUT2D eigenvalue weighted by molar-refractivity contribution is 7.88. The van der Waals surface area contributed by atoms with Gasteiger partial charge in [-0.2, -0.15) is 0 Å². The van der Waals surface area contributed by atoms with Crippen molar-refractivity contribution in [3.05, 3.63) is 52.0 Å². The van der Waals surface area contributed by atoms with Gasteiger partial charge in [0, 0.05) is 18.1 Å². The van der Waals surface area contributed by atoms with Crippen LogP contribution in [0.3, 0.4) is 0 Å². The summed E-state index contributed by atoms with van der Waals surface area (Å²) in [6.45, 7) is 2.52. The van der Waals surface area contributed by atoms with Crippen LogP contribution in [0.1, 0.15) is 29.1 Å². The largest absolute Gasteiger partial charge is 0.316 e. The third-order valence-electron chi connectivity index (χ3n) is 2.91. The Kier molecular flexibility index (Phi) is 5.46. The van der Waals surface area contributed by atoms with E-state index >= 15 is 0 Å². The molecule has 1 unspecified atom stereocenters. The average molecular weight is 325 g/mol. The van der Waals surface area contributed by atoms with Gasteiger partial charge < -0.3 is 5.32 Å². The van der Waals surface area contributed by atoms with Gasteiger partial charge in [-0.3, -0.25) is 0 Å². The summed E-state index contributed by atoms with van der Waals surface area (Å²) in [4.78, 5) is 4.13. The smallest absolute Gasteiger partial charge is 0.216 e. The van der Waals surface area contributed by atoms with Gasteiger partial charge in [0.15, 0.2) is 0 Å². The third-order valence-corrected chi connectivity index (χ3v) is 5.29.